The van der Waals surface area contributed by atoms with Crippen LogP contribution in [-0.4, -0.2) is 9.97 Å². The number of hydrogen-bond acceptors (Lipinski definition) is 3. The standard InChI is InChI=1S/C16H15N3/c1-3-13-16(19-11-7-6-8-12(19)2)18-15-10-5-4-9-14(15)17-13/h4-11H,2-3H2,1H3. The van der Waals surface area contributed by atoms with Gasteiger partial charge in [0.2, 0.25) is 0 Å². The molecule has 0 saturated heterocycles. The summed E-state index contributed by atoms with van der Waals surface area (Å²) in [7, 11) is 0. The minimum atomic E-state index is 0.842. The first-order chi connectivity index (χ1) is 9.29. The molecule has 0 radical (unpaired) electrons. The molecule has 0 bridgehead atoms. The molecule has 0 aliphatic carbocycles. The Hall–Kier alpha value is -2.42. The number of anilines is 1. The number of allylic oxidation sites excluding steroid dienone is 3. The number of benzene rings is 1. The van der Waals surface area contributed by atoms with Crippen LogP contribution in [0.3, 0.4) is 0 Å². The van der Waals surface area contributed by atoms with Gasteiger partial charge in [-0.25, -0.2) is 9.97 Å². The number of rotatable bonds is 2. The van der Waals surface area contributed by atoms with Crippen LogP contribution in [0.15, 0.2) is 61.0 Å². The first-order valence-corrected chi connectivity index (χ1v) is 6.38. The predicted molar refractivity (Wildman–Crippen MR) is 78.8 cm³/mol. The van der Waals surface area contributed by atoms with Crippen LogP contribution in [0.25, 0.3) is 11.0 Å². The molecule has 0 fully saturated rings. The first-order valence-electron chi connectivity index (χ1n) is 6.38. The van der Waals surface area contributed by atoms with Crippen molar-refractivity contribution < 1.29 is 0 Å². The molecule has 2 heterocycles. The third-order valence-corrected chi connectivity index (χ3v) is 3.13. The van der Waals surface area contributed by atoms with Crippen LogP contribution < -0.4 is 4.90 Å². The highest BCUT2D eigenvalue weighted by Crippen LogP contribution is 2.25. The Morgan fingerprint density at radius 1 is 1.11 bits per heavy atom. The van der Waals surface area contributed by atoms with Crippen molar-refractivity contribution in [1.82, 2.24) is 9.97 Å². The van der Waals surface area contributed by atoms with Crippen molar-refractivity contribution in [2.24, 2.45) is 0 Å². The largest absolute Gasteiger partial charge is 0.301 e. The van der Waals surface area contributed by atoms with Crippen molar-refractivity contribution in [2.45, 2.75) is 13.3 Å². The van der Waals surface area contributed by atoms with Crippen LogP contribution in [-0.2, 0) is 6.42 Å². The highest BCUT2D eigenvalue weighted by atomic mass is 15.2. The highest BCUT2D eigenvalue weighted by molar-refractivity contribution is 5.77. The molecule has 3 nitrogen and oxygen atoms in total. The molecular formula is C16H15N3. The highest BCUT2D eigenvalue weighted by Gasteiger charge is 2.15. The number of para-hydroxylation sites is 2. The van der Waals surface area contributed by atoms with E-state index in [0.29, 0.717) is 0 Å². The molecule has 3 heteroatoms. The van der Waals surface area contributed by atoms with Crippen molar-refractivity contribution in [3.63, 3.8) is 0 Å². The van der Waals surface area contributed by atoms with Gasteiger partial charge in [-0.05, 0) is 30.7 Å². The summed E-state index contributed by atoms with van der Waals surface area (Å²) >= 11 is 0. The fourth-order valence-electron chi connectivity index (χ4n) is 2.14. The number of aromatic nitrogens is 2. The first kappa shape index (κ1) is 11.7. The summed E-state index contributed by atoms with van der Waals surface area (Å²) in [5, 5.41) is 0. The van der Waals surface area contributed by atoms with Gasteiger partial charge in [-0.3, -0.25) is 0 Å². The molecule has 1 aromatic carbocycles. The van der Waals surface area contributed by atoms with Gasteiger partial charge in [-0.1, -0.05) is 31.7 Å². The number of fused-ring (bicyclic) bond motifs is 1. The molecule has 0 atom stereocenters. The summed E-state index contributed by atoms with van der Waals surface area (Å²) in [6.45, 7) is 6.14. The second-order valence-electron chi connectivity index (χ2n) is 4.40. The number of nitrogens with zero attached hydrogens (tertiary/aromatic N) is 3. The second kappa shape index (κ2) is 4.69. The summed E-state index contributed by atoms with van der Waals surface area (Å²) in [5.74, 6) is 0.867. The van der Waals surface area contributed by atoms with E-state index in [1.165, 1.54) is 0 Å². The fraction of sp³-hybridized carbons (Fsp3) is 0.125. The van der Waals surface area contributed by atoms with Crippen molar-refractivity contribution in [3.8, 4) is 0 Å². The predicted octanol–water partition coefficient (Wildman–Crippen LogP) is 3.60. The Morgan fingerprint density at radius 2 is 1.84 bits per heavy atom. The Labute approximate surface area is 112 Å². The zero-order valence-electron chi connectivity index (χ0n) is 10.9. The quantitative estimate of drug-likeness (QED) is 0.814. The molecule has 2 aromatic rings. The second-order valence-corrected chi connectivity index (χ2v) is 4.40. The van der Waals surface area contributed by atoms with Crippen LogP contribution >= 0.6 is 0 Å². The molecule has 0 N–H and O–H groups in total. The van der Waals surface area contributed by atoms with E-state index in [4.69, 9.17) is 9.97 Å². The van der Waals surface area contributed by atoms with E-state index in [-0.39, 0.29) is 0 Å². The van der Waals surface area contributed by atoms with E-state index in [1.54, 1.807) is 0 Å². The van der Waals surface area contributed by atoms with E-state index in [9.17, 15) is 0 Å². The Bertz CT molecular complexity index is 698. The van der Waals surface area contributed by atoms with Gasteiger partial charge in [0, 0.05) is 11.9 Å². The molecule has 19 heavy (non-hydrogen) atoms. The molecule has 3 rings (SSSR count). The average Bonchev–Trinajstić information content (AvgIpc) is 2.46. The van der Waals surface area contributed by atoms with Gasteiger partial charge in [0.1, 0.15) is 0 Å². The molecule has 0 saturated carbocycles. The van der Waals surface area contributed by atoms with E-state index in [0.717, 1.165) is 34.7 Å². The molecule has 1 aliphatic heterocycles. The third-order valence-electron chi connectivity index (χ3n) is 3.13. The van der Waals surface area contributed by atoms with E-state index in [1.807, 2.05) is 53.6 Å². The monoisotopic (exact) mass is 249 g/mol. The maximum absolute atomic E-state index is 4.74. The smallest absolute Gasteiger partial charge is 0.159 e. The zero-order valence-corrected chi connectivity index (χ0v) is 10.9. The Kier molecular flexibility index (Phi) is 2.88. The maximum atomic E-state index is 4.74. The van der Waals surface area contributed by atoms with Crippen LogP contribution in [0.4, 0.5) is 5.82 Å². The molecule has 0 unspecified atom stereocenters. The summed E-state index contributed by atoms with van der Waals surface area (Å²) in [6, 6.07) is 7.94. The van der Waals surface area contributed by atoms with Crippen molar-refractivity contribution in [2.75, 3.05) is 4.90 Å². The third kappa shape index (κ3) is 2.03. The SMILES string of the molecule is C=C1C=CC=CN1c1nc2ccccc2nc1CC. The van der Waals surface area contributed by atoms with Gasteiger partial charge >= 0.3 is 0 Å². The molecule has 94 valence electrons. The van der Waals surface area contributed by atoms with Gasteiger partial charge in [0.25, 0.3) is 0 Å². The lowest BCUT2D eigenvalue weighted by atomic mass is 10.2. The van der Waals surface area contributed by atoms with Crippen LogP contribution in [0.1, 0.15) is 12.6 Å². The van der Waals surface area contributed by atoms with Gasteiger partial charge in [-0.2, -0.15) is 0 Å². The van der Waals surface area contributed by atoms with Crippen LogP contribution in [0.2, 0.25) is 0 Å². The summed E-state index contributed by atoms with van der Waals surface area (Å²) in [5.41, 5.74) is 3.73. The van der Waals surface area contributed by atoms with Gasteiger partial charge in [-0.15, -0.1) is 0 Å². The summed E-state index contributed by atoms with van der Waals surface area (Å²) < 4.78 is 0. The molecular weight excluding hydrogens is 234 g/mol. The molecule has 0 amide bonds. The lowest BCUT2D eigenvalue weighted by Gasteiger charge is -2.23. The zero-order chi connectivity index (χ0) is 13.2. The molecule has 0 spiro atoms. The topological polar surface area (TPSA) is 29.0 Å². The molecule has 1 aliphatic rings. The summed E-state index contributed by atoms with van der Waals surface area (Å²) in [6.07, 6.45) is 8.73. The van der Waals surface area contributed by atoms with Crippen LogP contribution in [0, 0.1) is 0 Å². The minimum Gasteiger partial charge on any atom is -0.301 e. The number of aryl methyl sites for hydroxylation is 1. The number of hydrogen-bond donors (Lipinski definition) is 0. The van der Waals surface area contributed by atoms with E-state index >= 15 is 0 Å². The minimum absolute atomic E-state index is 0.842. The van der Waals surface area contributed by atoms with Crippen molar-refractivity contribution in [1.29, 1.82) is 0 Å². The van der Waals surface area contributed by atoms with Crippen molar-refractivity contribution >= 4 is 16.9 Å². The van der Waals surface area contributed by atoms with Gasteiger partial charge < -0.3 is 4.90 Å². The fourth-order valence-corrected chi connectivity index (χ4v) is 2.14. The van der Waals surface area contributed by atoms with Crippen LogP contribution in [0.5, 0.6) is 0 Å². The average molecular weight is 249 g/mol. The van der Waals surface area contributed by atoms with Gasteiger partial charge in [0.15, 0.2) is 5.82 Å². The normalized spacial score (nSPS) is 14.4. The molecule has 1 aromatic heterocycles. The van der Waals surface area contributed by atoms with Crippen molar-refractivity contribution in [3.05, 3.63) is 66.7 Å². The maximum Gasteiger partial charge on any atom is 0.159 e. The van der Waals surface area contributed by atoms with E-state index < -0.39 is 0 Å². The van der Waals surface area contributed by atoms with E-state index in [2.05, 4.69) is 13.5 Å². The Balaban J connectivity index is 2.19. The Morgan fingerprint density at radius 3 is 2.53 bits per heavy atom. The lowest BCUT2D eigenvalue weighted by Crippen LogP contribution is -2.18. The lowest BCUT2D eigenvalue weighted by molar-refractivity contribution is 0.994. The summed E-state index contributed by atoms with van der Waals surface area (Å²) in [4.78, 5) is 11.4. The van der Waals surface area contributed by atoms with Gasteiger partial charge in [0.05, 0.1) is 16.7 Å².